The SMILES string of the molecule is CCC(NCC(O)CN1CCC(C)CC1)c1c(C)nn(C)c1C. The molecule has 2 rings (SSSR count). The van der Waals surface area contributed by atoms with Crippen molar-refractivity contribution < 1.29 is 5.11 Å². The van der Waals surface area contributed by atoms with Gasteiger partial charge in [0.2, 0.25) is 0 Å². The van der Waals surface area contributed by atoms with Gasteiger partial charge < -0.3 is 15.3 Å². The van der Waals surface area contributed by atoms with Crippen LogP contribution in [0.25, 0.3) is 0 Å². The van der Waals surface area contributed by atoms with Gasteiger partial charge in [-0.05, 0) is 52.1 Å². The molecule has 1 aliphatic heterocycles. The molecule has 0 aromatic carbocycles. The molecule has 5 heteroatoms. The molecule has 2 atom stereocenters. The number of aryl methyl sites for hydroxylation is 2. The minimum absolute atomic E-state index is 0.264. The number of likely N-dealkylation sites (tertiary alicyclic amines) is 1. The lowest BCUT2D eigenvalue weighted by atomic mass is 9.99. The first-order chi connectivity index (χ1) is 10.9. The zero-order valence-electron chi connectivity index (χ0n) is 15.5. The van der Waals surface area contributed by atoms with E-state index in [1.807, 2.05) is 11.7 Å². The quantitative estimate of drug-likeness (QED) is 0.808. The molecule has 0 saturated carbocycles. The molecule has 0 aliphatic carbocycles. The number of rotatable bonds is 7. The summed E-state index contributed by atoms with van der Waals surface area (Å²) in [5.41, 5.74) is 3.58. The molecule has 1 aromatic heterocycles. The lowest BCUT2D eigenvalue weighted by molar-refractivity contribution is 0.0886. The number of hydrogen-bond acceptors (Lipinski definition) is 4. The smallest absolute Gasteiger partial charge is 0.0791 e. The summed E-state index contributed by atoms with van der Waals surface area (Å²) in [6.45, 7) is 12.3. The minimum atomic E-state index is -0.310. The van der Waals surface area contributed by atoms with Crippen LogP contribution in [0.2, 0.25) is 0 Å². The maximum atomic E-state index is 10.4. The van der Waals surface area contributed by atoms with E-state index in [0.717, 1.165) is 37.7 Å². The van der Waals surface area contributed by atoms with E-state index < -0.39 is 0 Å². The topological polar surface area (TPSA) is 53.3 Å². The van der Waals surface area contributed by atoms with E-state index in [1.54, 1.807) is 0 Å². The highest BCUT2D eigenvalue weighted by Gasteiger charge is 2.21. The first-order valence-corrected chi connectivity index (χ1v) is 9.06. The fourth-order valence-electron chi connectivity index (χ4n) is 3.63. The van der Waals surface area contributed by atoms with Gasteiger partial charge in [0.1, 0.15) is 0 Å². The third-order valence-electron chi connectivity index (χ3n) is 5.27. The first-order valence-electron chi connectivity index (χ1n) is 9.06. The first kappa shape index (κ1) is 18.4. The molecule has 0 bridgehead atoms. The van der Waals surface area contributed by atoms with E-state index in [1.165, 1.54) is 24.1 Å². The predicted molar refractivity (Wildman–Crippen MR) is 94.6 cm³/mol. The third-order valence-corrected chi connectivity index (χ3v) is 5.27. The molecule has 1 fully saturated rings. The van der Waals surface area contributed by atoms with Crippen molar-refractivity contribution in [2.24, 2.45) is 13.0 Å². The average Bonchev–Trinajstić information content (AvgIpc) is 2.76. The van der Waals surface area contributed by atoms with E-state index in [-0.39, 0.29) is 12.1 Å². The average molecular weight is 322 g/mol. The van der Waals surface area contributed by atoms with Crippen LogP contribution >= 0.6 is 0 Å². The molecule has 0 amide bonds. The maximum Gasteiger partial charge on any atom is 0.0791 e. The summed E-state index contributed by atoms with van der Waals surface area (Å²) in [6.07, 6.45) is 3.20. The summed E-state index contributed by atoms with van der Waals surface area (Å²) in [7, 11) is 1.99. The van der Waals surface area contributed by atoms with Crippen LogP contribution in [0.5, 0.6) is 0 Å². The van der Waals surface area contributed by atoms with Gasteiger partial charge in [-0.1, -0.05) is 13.8 Å². The molecule has 2 heterocycles. The molecule has 1 aromatic rings. The monoisotopic (exact) mass is 322 g/mol. The standard InChI is InChI=1S/C18H34N4O/c1-6-17(18-14(3)20-21(5)15(18)4)19-11-16(23)12-22-9-7-13(2)8-10-22/h13,16-17,19,23H,6-12H2,1-5H3. The molecule has 5 nitrogen and oxygen atoms in total. The zero-order chi connectivity index (χ0) is 17.0. The Kier molecular flexibility index (Phi) is 6.62. The molecule has 132 valence electrons. The Morgan fingerprint density at radius 2 is 1.96 bits per heavy atom. The van der Waals surface area contributed by atoms with Gasteiger partial charge in [-0.15, -0.1) is 0 Å². The Hall–Kier alpha value is -0.910. The van der Waals surface area contributed by atoms with Crippen LogP contribution in [0, 0.1) is 19.8 Å². The second-order valence-electron chi connectivity index (χ2n) is 7.21. The van der Waals surface area contributed by atoms with Crippen molar-refractivity contribution in [3.8, 4) is 0 Å². The summed E-state index contributed by atoms with van der Waals surface area (Å²) in [4.78, 5) is 2.40. The molecule has 0 spiro atoms. The number of aliphatic hydroxyl groups excluding tert-OH is 1. The predicted octanol–water partition coefficient (Wildman–Crippen LogP) is 2.17. The molecule has 23 heavy (non-hydrogen) atoms. The third kappa shape index (κ3) is 4.78. The number of hydrogen-bond donors (Lipinski definition) is 2. The molecular weight excluding hydrogens is 288 g/mol. The fourth-order valence-corrected chi connectivity index (χ4v) is 3.63. The highest BCUT2D eigenvalue weighted by atomic mass is 16.3. The Morgan fingerprint density at radius 1 is 1.30 bits per heavy atom. The number of piperidine rings is 1. The molecule has 1 aliphatic rings. The van der Waals surface area contributed by atoms with Gasteiger partial charge >= 0.3 is 0 Å². The van der Waals surface area contributed by atoms with Gasteiger partial charge in [-0.25, -0.2) is 0 Å². The van der Waals surface area contributed by atoms with Crippen LogP contribution in [0.4, 0.5) is 0 Å². The van der Waals surface area contributed by atoms with E-state index in [0.29, 0.717) is 6.54 Å². The lowest BCUT2D eigenvalue weighted by Crippen LogP contribution is -2.42. The van der Waals surface area contributed by atoms with Crippen LogP contribution in [-0.4, -0.2) is 52.1 Å². The molecule has 1 saturated heterocycles. The largest absolute Gasteiger partial charge is 0.390 e. The van der Waals surface area contributed by atoms with E-state index in [2.05, 4.69) is 43.0 Å². The second-order valence-corrected chi connectivity index (χ2v) is 7.21. The maximum absolute atomic E-state index is 10.4. The van der Waals surface area contributed by atoms with Crippen LogP contribution in [-0.2, 0) is 7.05 Å². The number of nitrogens with zero attached hydrogens (tertiary/aromatic N) is 3. The van der Waals surface area contributed by atoms with Crippen molar-refractivity contribution in [2.45, 2.75) is 59.1 Å². The fraction of sp³-hybridized carbons (Fsp3) is 0.833. The van der Waals surface area contributed by atoms with Crippen LogP contribution in [0.3, 0.4) is 0 Å². The normalized spacial score (nSPS) is 19.9. The Morgan fingerprint density at radius 3 is 2.48 bits per heavy atom. The van der Waals surface area contributed by atoms with Gasteiger partial charge in [0, 0.05) is 37.4 Å². The highest BCUT2D eigenvalue weighted by molar-refractivity contribution is 5.28. The summed E-state index contributed by atoms with van der Waals surface area (Å²) in [5.74, 6) is 0.836. The number of aromatic nitrogens is 2. The van der Waals surface area contributed by atoms with Gasteiger partial charge in [-0.3, -0.25) is 4.68 Å². The lowest BCUT2D eigenvalue weighted by Gasteiger charge is -2.32. The van der Waals surface area contributed by atoms with E-state index in [4.69, 9.17) is 0 Å². The molecule has 0 radical (unpaired) electrons. The Bertz CT molecular complexity index is 491. The highest BCUT2D eigenvalue weighted by Crippen LogP contribution is 2.23. The molecule has 2 unspecified atom stereocenters. The Labute approximate surface area is 141 Å². The summed E-state index contributed by atoms with van der Waals surface area (Å²) in [6, 6.07) is 0.264. The van der Waals surface area contributed by atoms with Crippen LogP contribution in [0.15, 0.2) is 0 Å². The van der Waals surface area contributed by atoms with Crippen molar-refractivity contribution in [3.63, 3.8) is 0 Å². The van der Waals surface area contributed by atoms with Crippen LogP contribution in [0.1, 0.15) is 56.1 Å². The van der Waals surface area contributed by atoms with Crippen molar-refractivity contribution in [3.05, 3.63) is 17.0 Å². The van der Waals surface area contributed by atoms with Gasteiger partial charge in [0.15, 0.2) is 0 Å². The Balaban J connectivity index is 1.85. The van der Waals surface area contributed by atoms with Crippen molar-refractivity contribution in [1.29, 1.82) is 0 Å². The van der Waals surface area contributed by atoms with Gasteiger partial charge in [0.25, 0.3) is 0 Å². The number of nitrogens with one attached hydrogen (secondary N) is 1. The summed E-state index contributed by atoms with van der Waals surface area (Å²) >= 11 is 0. The molecule has 2 N–H and O–H groups in total. The van der Waals surface area contributed by atoms with Crippen LogP contribution < -0.4 is 5.32 Å². The van der Waals surface area contributed by atoms with Crippen molar-refractivity contribution in [2.75, 3.05) is 26.2 Å². The van der Waals surface area contributed by atoms with Crippen molar-refractivity contribution >= 4 is 0 Å². The molecular formula is C18H34N4O. The minimum Gasteiger partial charge on any atom is -0.390 e. The summed E-state index contributed by atoms with van der Waals surface area (Å²) < 4.78 is 1.94. The van der Waals surface area contributed by atoms with E-state index in [9.17, 15) is 5.11 Å². The van der Waals surface area contributed by atoms with Gasteiger partial charge in [0.05, 0.1) is 11.8 Å². The number of aliphatic hydroxyl groups is 1. The zero-order valence-corrected chi connectivity index (χ0v) is 15.5. The second kappa shape index (κ2) is 8.27. The number of β-amino-alcohol motifs (C(OH)–C–C–N with tert-alkyl or cyclic N) is 1. The van der Waals surface area contributed by atoms with Gasteiger partial charge in [-0.2, -0.15) is 5.10 Å². The summed E-state index contributed by atoms with van der Waals surface area (Å²) in [5, 5.41) is 18.4. The van der Waals surface area contributed by atoms with Crippen molar-refractivity contribution in [1.82, 2.24) is 20.0 Å². The van der Waals surface area contributed by atoms with E-state index >= 15 is 0 Å².